The van der Waals surface area contributed by atoms with Crippen molar-refractivity contribution in [2.75, 3.05) is 6.54 Å². The summed E-state index contributed by atoms with van der Waals surface area (Å²) in [7, 11) is 0. The molecule has 1 nitrogen and oxygen atoms in total. The van der Waals surface area contributed by atoms with Crippen molar-refractivity contribution in [3.63, 3.8) is 0 Å². The average molecular weight is 155 g/mol. The van der Waals surface area contributed by atoms with E-state index in [1.807, 2.05) is 0 Å². The van der Waals surface area contributed by atoms with Gasteiger partial charge in [-0.25, -0.2) is 0 Å². The molecule has 0 spiro atoms. The van der Waals surface area contributed by atoms with Crippen molar-refractivity contribution in [1.29, 1.82) is 0 Å². The van der Waals surface area contributed by atoms with Gasteiger partial charge in [-0.05, 0) is 37.6 Å². The van der Waals surface area contributed by atoms with Gasteiger partial charge in [-0.1, -0.05) is 26.2 Å². The molecule has 0 heterocycles. The zero-order valence-electron chi connectivity index (χ0n) is 7.73. The molecule has 0 aromatic heterocycles. The molecule has 0 amide bonds. The summed E-state index contributed by atoms with van der Waals surface area (Å²) in [6, 6.07) is 0. The molecule has 1 heteroatoms. The zero-order chi connectivity index (χ0) is 8.16. The molecule has 0 aromatic carbocycles. The highest BCUT2D eigenvalue weighted by Crippen LogP contribution is 2.47. The van der Waals surface area contributed by atoms with Gasteiger partial charge in [0, 0.05) is 0 Å². The Bertz CT molecular complexity index is 105. The van der Waals surface area contributed by atoms with E-state index in [4.69, 9.17) is 5.73 Å². The molecular weight excluding hydrogens is 134 g/mol. The Morgan fingerprint density at radius 3 is 2.36 bits per heavy atom. The van der Waals surface area contributed by atoms with Crippen LogP contribution in [0.15, 0.2) is 0 Å². The van der Waals surface area contributed by atoms with Crippen molar-refractivity contribution in [3.05, 3.63) is 0 Å². The van der Waals surface area contributed by atoms with Gasteiger partial charge in [0.2, 0.25) is 0 Å². The maximum absolute atomic E-state index is 5.60. The van der Waals surface area contributed by atoms with E-state index in [9.17, 15) is 0 Å². The predicted molar refractivity (Wildman–Crippen MR) is 49.5 cm³/mol. The smallest absolute Gasteiger partial charge is 0.00720 e. The lowest BCUT2D eigenvalue weighted by atomic mass is 9.64. The summed E-state index contributed by atoms with van der Waals surface area (Å²) in [4.78, 5) is 0. The Kier molecular flexibility index (Phi) is 3.38. The first-order valence-corrected chi connectivity index (χ1v) is 5.03. The van der Waals surface area contributed by atoms with Gasteiger partial charge < -0.3 is 5.73 Å². The van der Waals surface area contributed by atoms with Crippen LogP contribution in [0.3, 0.4) is 0 Å². The fourth-order valence-corrected chi connectivity index (χ4v) is 2.16. The Hall–Kier alpha value is -0.0400. The third-order valence-electron chi connectivity index (χ3n) is 3.15. The second-order valence-corrected chi connectivity index (χ2v) is 4.00. The molecule has 11 heavy (non-hydrogen) atoms. The lowest BCUT2D eigenvalue weighted by molar-refractivity contribution is 0.106. The minimum Gasteiger partial charge on any atom is -0.330 e. The Morgan fingerprint density at radius 2 is 2.00 bits per heavy atom. The summed E-state index contributed by atoms with van der Waals surface area (Å²) in [6.45, 7) is 3.17. The van der Waals surface area contributed by atoms with Crippen LogP contribution in [-0.4, -0.2) is 6.54 Å². The van der Waals surface area contributed by atoms with Gasteiger partial charge in [0.25, 0.3) is 0 Å². The monoisotopic (exact) mass is 155 g/mol. The standard InChI is InChI=1S/C10H21N/c1-2-3-5-10(8-9-11)6-4-7-10/h2-9,11H2,1H3. The highest BCUT2D eigenvalue weighted by molar-refractivity contribution is 4.87. The fraction of sp³-hybridized carbons (Fsp3) is 1.00. The lowest BCUT2D eigenvalue weighted by Crippen LogP contribution is -2.31. The van der Waals surface area contributed by atoms with E-state index in [0.29, 0.717) is 5.41 Å². The molecule has 0 radical (unpaired) electrons. The molecule has 0 aliphatic heterocycles. The van der Waals surface area contributed by atoms with Crippen molar-refractivity contribution >= 4 is 0 Å². The largest absolute Gasteiger partial charge is 0.330 e. The van der Waals surface area contributed by atoms with Gasteiger partial charge in [-0.15, -0.1) is 0 Å². The van der Waals surface area contributed by atoms with Crippen LogP contribution in [0.5, 0.6) is 0 Å². The predicted octanol–water partition coefficient (Wildman–Crippen LogP) is 2.70. The number of nitrogens with two attached hydrogens (primary N) is 1. The maximum atomic E-state index is 5.60. The molecule has 0 unspecified atom stereocenters. The van der Waals surface area contributed by atoms with Crippen LogP contribution in [0.1, 0.15) is 51.9 Å². The van der Waals surface area contributed by atoms with Crippen LogP contribution < -0.4 is 5.73 Å². The lowest BCUT2D eigenvalue weighted by Gasteiger charge is -2.42. The van der Waals surface area contributed by atoms with Gasteiger partial charge in [0.15, 0.2) is 0 Å². The van der Waals surface area contributed by atoms with E-state index in [2.05, 4.69) is 6.92 Å². The summed E-state index contributed by atoms with van der Waals surface area (Å²) in [6.07, 6.45) is 9.79. The quantitative estimate of drug-likeness (QED) is 0.649. The van der Waals surface area contributed by atoms with Crippen molar-refractivity contribution in [1.82, 2.24) is 0 Å². The highest BCUT2D eigenvalue weighted by atomic mass is 14.6. The van der Waals surface area contributed by atoms with Crippen molar-refractivity contribution in [2.45, 2.75) is 51.9 Å². The number of rotatable bonds is 5. The van der Waals surface area contributed by atoms with Crippen LogP contribution in [0.2, 0.25) is 0 Å². The third-order valence-corrected chi connectivity index (χ3v) is 3.15. The summed E-state index contributed by atoms with van der Waals surface area (Å²) in [5.74, 6) is 0. The Balaban J connectivity index is 2.22. The van der Waals surface area contributed by atoms with E-state index in [0.717, 1.165) is 6.54 Å². The van der Waals surface area contributed by atoms with E-state index < -0.39 is 0 Å². The molecule has 1 aliphatic rings. The topological polar surface area (TPSA) is 26.0 Å². The first kappa shape index (κ1) is 9.05. The SMILES string of the molecule is CCCCC1(CCN)CCC1. The Morgan fingerprint density at radius 1 is 1.27 bits per heavy atom. The third kappa shape index (κ3) is 2.19. The fourth-order valence-electron chi connectivity index (χ4n) is 2.16. The van der Waals surface area contributed by atoms with Crippen molar-refractivity contribution in [2.24, 2.45) is 11.1 Å². The van der Waals surface area contributed by atoms with Crippen LogP contribution in [0, 0.1) is 5.41 Å². The van der Waals surface area contributed by atoms with E-state index in [1.165, 1.54) is 44.9 Å². The number of unbranched alkanes of at least 4 members (excludes halogenated alkanes) is 1. The van der Waals surface area contributed by atoms with Gasteiger partial charge in [0.1, 0.15) is 0 Å². The van der Waals surface area contributed by atoms with Crippen molar-refractivity contribution < 1.29 is 0 Å². The first-order valence-electron chi connectivity index (χ1n) is 5.03. The summed E-state index contributed by atoms with van der Waals surface area (Å²) in [5, 5.41) is 0. The van der Waals surface area contributed by atoms with Crippen LogP contribution in [-0.2, 0) is 0 Å². The molecule has 1 rings (SSSR count). The van der Waals surface area contributed by atoms with E-state index >= 15 is 0 Å². The average Bonchev–Trinajstić information content (AvgIpc) is 1.95. The summed E-state index contributed by atoms with van der Waals surface area (Å²) >= 11 is 0. The molecule has 1 fully saturated rings. The minimum absolute atomic E-state index is 0.699. The van der Waals surface area contributed by atoms with Gasteiger partial charge in [0.05, 0.1) is 0 Å². The normalized spacial score (nSPS) is 21.3. The second-order valence-electron chi connectivity index (χ2n) is 4.00. The molecule has 0 bridgehead atoms. The minimum atomic E-state index is 0.699. The first-order chi connectivity index (χ1) is 5.33. The van der Waals surface area contributed by atoms with Gasteiger partial charge in [-0.2, -0.15) is 0 Å². The molecule has 1 saturated carbocycles. The van der Waals surface area contributed by atoms with Crippen LogP contribution >= 0.6 is 0 Å². The zero-order valence-corrected chi connectivity index (χ0v) is 7.73. The van der Waals surface area contributed by atoms with E-state index in [-0.39, 0.29) is 0 Å². The van der Waals surface area contributed by atoms with Gasteiger partial charge in [-0.3, -0.25) is 0 Å². The molecule has 1 aliphatic carbocycles. The maximum Gasteiger partial charge on any atom is -0.00720 e. The summed E-state index contributed by atoms with van der Waals surface area (Å²) < 4.78 is 0. The number of hydrogen-bond donors (Lipinski definition) is 1. The second kappa shape index (κ2) is 4.10. The molecule has 66 valence electrons. The Labute approximate surface area is 70.4 Å². The van der Waals surface area contributed by atoms with Crippen LogP contribution in [0.4, 0.5) is 0 Å². The highest BCUT2D eigenvalue weighted by Gasteiger charge is 2.34. The summed E-state index contributed by atoms with van der Waals surface area (Å²) in [5.41, 5.74) is 6.29. The van der Waals surface area contributed by atoms with Gasteiger partial charge >= 0.3 is 0 Å². The molecule has 0 aromatic rings. The van der Waals surface area contributed by atoms with E-state index in [1.54, 1.807) is 0 Å². The van der Waals surface area contributed by atoms with Crippen molar-refractivity contribution in [3.8, 4) is 0 Å². The molecule has 2 N–H and O–H groups in total. The number of hydrogen-bond acceptors (Lipinski definition) is 1. The van der Waals surface area contributed by atoms with Crippen LogP contribution in [0.25, 0.3) is 0 Å². The molecule has 0 saturated heterocycles. The molecule has 0 atom stereocenters. The molecular formula is C10H21N.